The van der Waals surface area contributed by atoms with Crippen LogP contribution >= 0.6 is 0 Å². The molecule has 1 heterocycles. The van der Waals surface area contributed by atoms with Crippen molar-refractivity contribution in [3.8, 4) is 0 Å². The molecule has 0 aromatic carbocycles. The van der Waals surface area contributed by atoms with E-state index in [1.807, 2.05) is 0 Å². The molecule has 0 spiro atoms. The molecule has 21 heavy (non-hydrogen) atoms. The van der Waals surface area contributed by atoms with E-state index >= 15 is 0 Å². The van der Waals surface area contributed by atoms with Gasteiger partial charge in [0.05, 0.1) is 12.9 Å². The van der Waals surface area contributed by atoms with Crippen LogP contribution in [0.25, 0.3) is 0 Å². The van der Waals surface area contributed by atoms with Gasteiger partial charge < -0.3 is 18.6 Å². The fourth-order valence-electron chi connectivity index (χ4n) is 1.92. The Morgan fingerprint density at radius 3 is 2.29 bits per heavy atom. The Labute approximate surface area is 124 Å². The Bertz CT molecular complexity index is 471. The van der Waals surface area contributed by atoms with E-state index in [0.717, 1.165) is 0 Å². The predicted molar refractivity (Wildman–Crippen MR) is 75.2 cm³/mol. The van der Waals surface area contributed by atoms with Crippen molar-refractivity contribution in [1.82, 2.24) is 0 Å². The van der Waals surface area contributed by atoms with Gasteiger partial charge in [-0.15, -0.1) is 0 Å². The summed E-state index contributed by atoms with van der Waals surface area (Å²) in [5.41, 5.74) is 0.789. The zero-order valence-electron chi connectivity index (χ0n) is 12.9. The zero-order valence-corrected chi connectivity index (χ0v) is 12.9. The van der Waals surface area contributed by atoms with Crippen LogP contribution in [0.2, 0.25) is 0 Å². The average molecular weight is 298 g/mol. The van der Waals surface area contributed by atoms with E-state index in [0.29, 0.717) is 30.1 Å². The number of hydrogen-bond acceptors (Lipinski definition) is 6. The highest BCUT2D eigenvalue weighted by molar-refractivity contribution is 5.94. The molecule has 0 atom stereocenters. The SMILES string of the molecule is CCOC(=O)c1c(CC(=O)C(OCC)OCC)coc1C. The molecule has 0 N–H and O–H groups in total. The van der Waals surface area contributed by atoms with Gasteiger partial charge in [0.2, 0.25) is 6.29 Å². The van der Waals surface area contributed by atoms with Crippen LogP contribution in [0.4, 0.5) is 0 Å². The van der Waals surface area contributed by atoms with Gasteiger partial charge in [0.15, 0.2) is 5.78 Å². The topological polar surface area (TPSA) is 75.0 Å². The third-order valence-corrected chi connectivity index (χ3v) is 2.79. The summed E-state index contributed by atoms with van der Waals surface area (Å²) in [6.45, 7) is 7.94. The van der Waals surface area contributed by atoms with E-state index in [2.05, 4.69) is 0 Å². The minimum absolute atomic E-state index is 0.00382. The first-order valence-electron chi connectivity index (χ1n) is 7.05. The molecule has 1 aromatic rings. The first-order valence-corrected chi connectivity index (χ1v) is 7.05. The van der Waals surface area contributed by atoms with Crippen molar-refractivity contribution in [2.75, 3.05) is 19.8 Å². The highest BCUT2D eigenvalue weighted by Gasteiger charge is 2.25. The molecule has 6 heteroatoms. The predicted octanol–water partition coefficient (Wildman–Crippen LogP) is 2.28. The lowest BCUT2D eigenvalue weighted by molar-refractivity contribution is -0.167. The van der Waals surface area contributed by atoms with Gasteiger partial charge >= 0.3 is 5.97 Å². The van der Waals surface area contributed by atoms with Gasteiger partial charge in [-0.3, -0.25) is 4.79 Å². The second-order valence-electron chi connectivity index (χ2n) is 4.30. The van der Waals surface area contributed by atoms with Gasteiger partial charge in [0.25, 0.3) is 0 Å². The maximum absolute atomic E-state index is 12.2. The molecule has 0 fully saturated rings. The number of aryl methyl sites for hydroxylation is 1. The molecule has 0 amide bonds. The van der Waals surface area contributed by atoms with E-state index in [4.69, 9.17) is 18.6 Å². The molecule has 6 nitrogen and oxygen atoms in total. The van der Waals surface area contributed by atoms with Crippen LogP contribution in [0.1, 0.15) is 42.5 Å². The zero-order chi connectivity index (χ0) is 15.8. The molecule has 0 aliphatic rings. The van der Waals surface area contributed by atoms with Crippen molar-refractivity contribution in [3.63, 3.8) is 0 Å². The van der Waals surface area contributed by atoms with Gasteiger partial charge in [-0.25, -0.2) is 4.79 Å². The number of esters is 1. The molecule has 0 bridgehead atoms. The van der Waals surface area contributed by atoms with E-state index in [9.17, 15) is 9.59 Å². The Morgan fingerprint density at radius 2 is 1.76 bits per heavy atom. The third-order valence-electron chi connectivity index (χ3n) is 2.79. The molecule has 0 saturated heterocycles. The number of ketones is 1. The summed E-state index contributed by atoms with van der Waals surface area (Å²) in [7, 11) is 0. The van der Waals surface area contributed by atoms with Gasteiger partial charge in [0, 0.05) is 25.2 Å². The number of carbonyl (C=O) groups excluding carboxylic acids is 2. The monoisotopic (exact) mass is 298 g/mol. The van der Waals surface area contributed by atoms with Crippen LogP contribution < -0.4 is 0 Å². The van der Waals surface area contributed by atoms with E-state index < -0.39 is 12.3 Å². The average Bonchev–Trinajstić information content (AvgIpc) is 2.79. The summed E-state index contributed by atoms with van der Waals surface area (Å²) in [5, 5.41) is 0. The van der Waals surface area contributed by atoms with Gasteiger partial charge in [-0.2, -0.15) is 0 Å². The molecule has 1 rings (SSSR count). The minimum atomic E-state index is -0.926. The summed E-state index contributed by atoms with van der Waals surface area (Å²) in [4.78, 5) is 24.1. The first kappa shape index (κ1) is 17.4. The fraction of sp³-hybridized carbons (Fsp3) is 0.600. The number of Topliss-reactive ketones (excluding diaryl/α,β-unsaturated/α-hetero) is 1. The summed E-state index contributed by atoms with van der Waals surface area (Å²) in [6, 6.07) is 0. The Kier molecular flexibility index (Phi) is 7.11. The number of hydrogen-bond donors (Lipinski definition) is 0. The standard InChI is InChI=1S/C15H22O6/c1-5-18-14(17)13-10(4)21-9-11(13)8-12(16)15(19-6-2)20-7-3/h9,15H,5-8H2,1-4H3. The summed E-state index contributed by atoms with van der Waals surface area (Å²) in [6.07, 6.45) is 0.468. The molecule has 0 radical (unpaired) electrons. The van der Waals surface area contributed by atoms with Crippen molar-refractivity contribution in [2.45, 2.75) is 40.4 Å². The normalized spacial score (nSPS) is 10.9. The van der Waals surface area contributed by atoms with Crippen molar-refractivity contribution in [1.29, 1.82) is 0 Å². The van der Waals surface area contributed by atoms with Gasteiger partial charge in [0.1, 0.15) is 11.3 Å². The fourth-order valence-corrected chi connectivity index (χ4v) is 1.92. The van der Waals surface area contributed by atoms with Crippen molar-refractivity contribution < 1.29 is 28.2 Å². The molecule has 0 saturated carbocycles. The van der Waals surface area contributed by atoms with Gasteiger partial charge in [-0.1, -0.05) is 0 Å². The lowest BCUT2D eigenvalue weighted by atomic mass is 10.1. The van der Waals surface area contributed by atoms with Crippen LogP contribution in [0.15, 0.2) is 10.7 Å². The summed E-state index contributed by atoms with van der Waals surface area (Å²) < 4.78 is 20.7. The third kappa shape index (κ3) is 4.68. The highest BCUT2D eigenvalue weighted by atomic mass is 16.7. The smallest absolute Gasteiger partial charge is 0.341 e. The van der Waals surface area contributed by atoms with Crippen molar-refractivity contribution >= 4 is 11.8 Å². The van der Waals surface area contributed by atoms with Crippen LogP contribution in [-0.2, 0) is 25.4 Å². The molecule has 0 aliphatic carbocycles. The lowest BCUT2D eigenvalue weighted by Gasteiger charge is -2.15. The van der Waals surface area contributed by atoms with E-state index in [1.54, 1.807) is 27.7 Å². The quantitative estimate of drug-likeness (QED) is 0.514. The molecular weight excluding hydrogens is 276 g/mol. The molecule has 1 aromatic heterocycles. The number of ether oxygens (including phenoxy) is 3. The van der Waals surface area contributed by atoms with Crippen LogP contribution in [-0.4, -0.2) is 37.9 Å². The van der Waals surface area contributed by atoms with E-state index in [-0.39, 0.29) is 18.8 Å². The number of furan rings is 1. The largest absolute Gasteiger partial charge is 0.468 e. The first-order chi connectivity index (χ1) is 10.0. The second kappa shape index (κ2) is 8.59. The summed E-state index contributed by atoms with van der Waals surface area (Å²) >= 11 is 0. The number of rotatable bonds is 9. The number of carbonyl (C=O) groups is 2. The lowest BCUT2D eigenvalue weighted by Crippen LogP contribution is -2.29. The van der Waals surface area contributed by atoms with Crippen LogP contribution in [0.3, 0.4) is 0 Å². The van der Waals surface area contributed by atoms with Crippen molar-refractivity contribution in [3.05, 3.63) is 23.2 Å². The summed E-state index contributed by atoms with van der Waals surface area (Å²) in [5.74, 6) is -0.318. The Hall–Kier alpha value is -1.66. The van der Waals surface area contributed by atoms with E-state index in [1.165, 1.54) is 6.26 Å². The maximum atomic E-state index is 12.2. The second-order valence-corrected chi connectivity index (χ2v) is 4.30. The minimum Gasteiger partial charge on any atom is -0.468 e. The maximum Gasteiger partial charge on any atom is 0.341 e. The highest BCUT2D eigenvalue weighted by Crippen LogP contribution is 2.19. The molecule has 118 valence electrons. The molecule has 0 aliphatic heterocycles. The van der Waals surface area contributed by atoms with Crippen LogP contribution in [0.5, 0.6) is 0 Å². The van der Waals surface area contributed by atoms with Gasteiger partial charge in [-0.05, 0) is 27.7 Å². The van der Waals surface area contributed by atoms with Crippen LogP contribution in [0, 0.1) is 6.92 Å². The Morgan fingerprint density at radius 1 is 1.14 bits per heavy atom. The van der Waals surface area contributed by atoms with Crippen molar-refractivity contribution in [2.24, 2.45) is 0 Å². The molecular formula is C15H22O6. The molecule has 0 unspecified atom stereocenters. The Balaban J connectivity index is 2.87.